The molecule has 20 heavy (non-hydrogen) atoms. The molecule has 0 fully saturated rings. The molecule has 0 bridgehead atoms. The van der Waals surface area contributed by atoms with Crippen molar-refractivity contribution in [1.29, 1.82) is 0 Å². The summed E-state index contributed by atoms with van der Waals surface area (Å²) in [4.78, 5) is 11.8. The monoisotopic (exact) mass is 349 g/mol. The van der Waals surface area contributed by atoms with Gasteiger partial charge in [-0.25, -0.2) is 0 Å². The van der Waals surface area contributed by atoms with Gasteiger partial charge in [-0.05, 0) is 34.9 Å². The van der Waals surface area contributed by atoms with Crippen molar-refractivity contribution in [2.45, 2.75) is 12.3 Å². The molecule has 1 heterocycles. The van der Waals surface area contributed by atoms with Gasteiger partial charge in [0.25, 0.3) is 0 Å². The number of fused-ring (bicyclic) bond motifs is 1. The first-order chi connectivity index (χ1) is 9.65. The molecule has 1 N–H and O–H groups in total. The Morgan fingerprint density at radius 2 is 1.95 bits per heavy atom. The highest BCUT2D eigenvalue weighted by atomic mass is 79.9. The van der Waals surface area contributed by atoms with E-state index in [1.807, 2.05) is 36.4 Å². The van der Waals surface area contributed by atoms with Gasteiger partial charge in [-0.2, -0.15) is 0 Å². The molecular weight excluding hydrogens is 338 g/mol. The SMILES string of the molecule is O=C1Cc2ccc(Cl)cc2C(c2ccccc2Br)CN1. The molecular formula is C16H13BrClNO. The van der Waals surface area contributed by atoms with Gasteiger partial charge in [-0.1, -0.05) is 51.8 Å². The summed E-state index contributed by atoms with van der Waals surface area (Å²) in [7, 11) is 0. The Morgan fingerprint density at radius 3 is 2.75 bits per heavy atom. The molecule has 1 aliphatic rings. The summed E-state index contributed by atoms with van der Waals surface area (Å²) in [5.41, 5.74) is 3.34. The first kappa shape index (κ1) is 13.7. The number of benzene rings is 2. The second-order valence-corrected chi connectivity index (χ2v) is 6.19. The predicted octanol–water partition coefficient (Wildman–Crippen LogP) is 3.91. The minimum atomic E-state index is 0.0585. The molecule has 2 aromatic rings. The lowest BCUT2D eigenvalue weighted by Crippen LogP contribution is -2.26. The number of carbonyl (C=O) groups excluding carboxylic acids is 1. The summed E-state index contributed by atoms with van der Waals surface area (Å²) < 4.78 is 1.05. The maximum atomic E-state index is 11.8. The number of amides is 1. The highest BCUT2D eigenvalue weighted by Crippen LogP contribution is 2.34. The summed E-state index contributed by atoms with van der Waals surface area (Å²) >= 11 is 9.74. The largest absolute Gasteiger partial charge is 0.355 e. The van der Waals surface area contributed by atoms with Crippen molar-refractivity contribution in [3.8, 4) is 0 Å². The van der Waals surface area contributed by atoms with E-state index < -0.39 is 0 Å². The molecule has 0 aliphatic carbocycles. The third kappa shape index (κ3) is 2.60. The second-order valence-electron chi connectivity index (χ2n) is 4.90. The van der Waals surface area contributed by atoms with Crippen molar-refractivity contribution in [3.05, 3.63) is 68.7 Å². The Labute approximate surface area is 131 Å². The van der Waals surface area contributed by atoms with Crippen LogP contribution in [-0.2, 0) is 11.2 Å². The number of halogens is 2. The molecule has 4 heteroatoms. The van der Waals surface area contributed by atoms with Crippen LogP contribution in [0.5, 0.6) is 0 Å². The smallest absolute Gasteiger partial charge is 0.224 e. The van der Waals surface area contributed by atoms with Crippen molar-refractivity contribution in [3.63, 3.8) is 0 Å². The number of hydrogen-bond donors (Lipinski definition) is 1. The quantitative estimate of drug-likeness (QED) is 0.830. The Balaban J connectivity index is 2.15. The normalized spacial score (nSPS) is 18.1. The summed E-state index contributed by atoms with van der Waals surface area (Å²) in [5, 5.41) is 3.69. The first-order valence-electron chi connectivity index (χ1n) is 6.44. The molecule has 2 aromatic carbocycles. The van der Waals surface area contributed by atoms with Crippen LogP contribution >= 0.6 is 27.5 Å². The van der Waals surface area contributed by atoms with E-state index >= 15 is 0 Å². The fraction of sp³-hybridized carbons (Fsp3) is 0.188. The number of rotatable bonds is 1. The molecule has 1 amide bonds. The molecule has 0 aromatic heterocycles. The van der Waals surface area contributed by atoms with Crippen LogP contribution in [0, 0.1) is 0 Å². The third-order valence-electron chi connectivity index (χ3n) is 3.62. The molecule has 0 saturated carbocycles. The van der Waals surface area contributed by atoms with E-state index in [1.54, 1.807) is 0 Å². The van der Waals surface area contributed by atoms with Crippen LogP contribution in [-0.4, -0.2) is 12.5 Å². The van der Waals surface area contributed by atoms with E-state index in [1.165, 1.54) is 5.56 Å². The van der Waals surface area contributed by atoms with Crippen LogP contribution in [0.15, 0.2) is 46.9 Å². The van der Waals surface area contributed by atoms with Crippen molar-refractivity contribution < 1.29 is 4.79 Å². The van der Waals surface area contributed by atoms with E-state index in [-0.39, 0.29) is 11.8 Å². The van der Waals surface area contributed by atoms with E-state index in [9.17, 15) is 4.79 Å². The average molecular weight is 351 g/mol. The third-order valence-corrected chi connectivity index (χ3v) is 4.58. The Hall–Kier alpha value is -1.32. The van der Waals surface area contributed by atoms with Crippen molar-refractivity contribution in [2.24, 2.45) is 0 Å². The minimum Gasteiger partial charge on any atom is -0.355 e. The lowest BCUT2D eigenvalue weighted by molar-refractivity contribution is -0.120. The van der Waals surface area contributed by atoms with Crippen LogP contribution < -0.4 is 5.32 Å². The van der Waals surface area contributed by atoms with E-state index in [0.29, 0.717) is 18.0 Å². The summed E-state index contributed by atoms with van der Waals surface area (Å²) in [6, 6.07) is 13.9. The highest BCUT2D eigenvalue weighted by Gasteiger charge is 2.24. The molecule has 102 valence electrons. The van der Waals surface area contributed by atoms with Crippen molar-refractivity contribution in [1.82, 2.24) is 5.32 Å². The number of nitrogens with one attached hydrogen (secondary N) is 1. The average Bonchev–Trinajstić information content (AvgIpc) is 2.58. The zero-order valence-electron chi connectivity index (χ0n) is 10.7. The summed E-state index contributed by atoms with van der Waals surface area (Å²) in [5.74, 6) is 0.175. The first-order valence-corrected chi connectivity index (χ1v) is 7.61. The molecule has 0 saturated heterocycles. The highest BCUT2D eigenvalue weighted by molar-refractivity contribution is 9.10. The summed E-state index contributed by atoms with van der Waals surface area (Å²) in [6.45, 7) is 0.592. The van der Waals surface area contributed by atoms with Gasteiger partial charge in [0.1, 0.15) is 0 Å². The minimum absolute atomic E-state index is 0.0585. The Morgan fingerprint density at radius 1 is 1.15 bits per heavy atom. The van der Waals surface area contributed by atoms with Gasteiger partial charge in [-0.15, -0.1) is 0 Å². The summed E-state index contributed by atoms with van der Waals surface area (Å²) in [6.07, 6.45) is 0.410. The lowest BCUT2D eigenvalue weighted by Gasteiger charge is -2.19. The predicted molar refractivity (Wildman–Crippen MR) is 84.2 cm³/mol. The number of hydrogen-bond acceptors (Lipinski definition) is 1. The maximum absolute atomic E-state index is 11.8. The van der Waals surface area contributed by atoms with Crippen molar-refractivity contribution >= 4 is 33.4 Å². The van der Waals surface area contributed by atoms with Gasteiger partial charge in [0.05, 0.1) is 6.42 Å². The zero-order valence-corrected chi connectivity index (χ0v) is 13.0. The van der Waals surface area contributed by atoms with Crippen LogP contribution in [0.2, 0.25) is 5.02 Å². The van der Waals surface area contributed by atoms with Crippen LogP contribution in [0.25, 0.3) is 0 Å². The molecule has 0 spiro atoms. The molecule has 2 nitrogen and oxygen atoms in total. The molecule has 0 radical (unpaired) electrons. The molecule has 3 rings (SSSR count). The van der Waals surface area contributed by atoms with E-state index in [0.717, 1.165) is 15.6 Å². The second kappa shape index (κ2) is 5.58. The van der Waals surface area contributed by atoms with Gasteiger partial charge < -0.3 is 5.32 Å². The molecule has 1 unspecified atom stereocenters. The van der Waals surface area contributed by atoms with Crippen LogP contribution in [0.4, 0.5) is 0 Å². The van der Waals surface area contributed by atoms with Crippen LogP contribution in [0.1, 0.15) is 22.6 Å². The van der Waals surface area contributed by atoms with Crippen molar-refractivity contribution in [2.75, 3.05) is 6.54 Å². The van der Waals surface area contributed by atoms with E-state index in [4.69, 9.17) is 11.6 Å². The Kier molecular flexibility index (Phi) is 3.81. The fourth-order valence-electron chi connectivity index (χ4n) is 2.65. The van der Waals surface area contributed by atoms with Gasteiger partial charge in [0, 0.05) is 22.0 Å². The van der Waals surface area contributed by atoms with E-state index in [2.05, 4.69) is 27.3 Å². The zero-order chi connectivity index (χ0) is 14.1. The fourth-order valence-corrected chi connectivity index (χ4v) is 3.39. The standard InChI is InChI=1S/C16H13BrClNO/c17-15-4-2-1-3-12(15)14-9-19-16(20)7-10-5-6-11(18)8-13(10)14/h1-6,8,14H,7,9H2,(H,19,20). The molecule has 1 atom stereocenters. The number of carbonyl (C=O) groups is 1. The molecule has 1 aliphatic heterocycles. The topological polar surface area (TPSA) is 29.1 Å². The van der Waals surface area contributed by atoms with Gasteiger partial charge in [0.15, 0.2) is 0 Å². The van der Waals surface area contributed by atoms with Gasteiger partial charge >= 0.3 is 0 Å². The lowest BCUT2D eigenvalue weighted by atomic mass is 9.88. The maximum Gasteiger partial charge on any atom is 0.224 e. The van der Waals surface area contributed by atoms with Gasteiger partial charge in [-0.3, -0.25) is 4.79 Å². The Bertz CT molecular complexity index is 671. The van der Waals surface area contributed by atoms with Crippen LogP contribution in [0.3, 0.4) is 0 Å². The van der Waals surface area contributed by atoms with Gasteiger partial charge in [0.2, 0.25) is 5.91 Å².